The summed E-state index contributed by atoms with van der Waals surface area (Å²) in [6.45, 7) is 3.92. The standard InChI is InChI=1S/C13H16N4/c1-9-8-10(2)16-13(15-9)17-12-6-4-11(14-3)5-7-12/h4-8,14H,1-3H3,(H,15,16,17). The van der Waals surface area contributed by atoms with Gasteiger partial charge in [-0.05, 0) is 44.2 Å². The van der Waals surface area contributed by atoms with E-state index in [2.05, 4.69) is 20.6 Å². The molecular formula is C13H16N4. The van der Waals surface area contributed by atoms with Crippen LogP contribution in [0.25, 0.3) is 0 Å². The Hall–Kier alpha value is -2.10. The Labute approximate surface area is 101 Å². The van der Waals surface area contributed by atoms with Crippen molar-refractivity contribution in [3.63, 3.8) is 0 Å². The lowest BCUT2D eigenvalue weighted by Gasteiger charge is -2.07. The summed E-state index contributed by atoms with van der Waals surface area (Å²) in [5, 5.41) is 6.26. The first-order chi connectivity index (χ1) is 8.17. The predicted molar refractivity (Wildman–Crippen MR) is 70.8 cm³/mol. The van der Waals surface area contributed by atoms with Crippen LogP contribution in [-0.2, 0) is 0 Å². The molecule has 4 nitrogen and oxygen atoms in total. The molecule has 4 heteroatoms. The quantitative estimate of drug-likeness (QED) is 0.848. The van der Waals surface area contributed by atoms with Crippen LogP contribution in [0.5, 0.6) is 0 Å². The monoisotopic (exact) mass is 228 g/mol. The number of anilines is 3. The zero-order valence-corrected chi connectivity index (χ0v) is 10.3. The van der Waals surface area contributed by atoms with E-state index in [1.807, 2.05) is 51.2 Å². The maximum atomic E-state index is 4.33. The number of hydrogen-bond donors (Lipinski definition) is 2. The third-order valence-electron chi connectivity index (χ3n) is 2.41. The van der Waals surface area contributed by atoms with Gasteiger partial charge in [0.2, 0.25) is 5.95 Å². The molecule has 0 amide bonds. The highest BCUT2D eigenvalue weighted by atomic mass is 15.1. The number of nitrogens with zero attached hydrogens (tertiary/aromatic N) is 2. The van der Waals surface area contributed by atoms with Crippen molar-refractivity contribution in [1.29, 1.82) is 0 Å². The van der Waals surface area contributed by atoms with Crippen LogP contribution in [-0.4, -0.2) is 17.0 Å². The second-order valence-corrected chi connectivity index (χ2v) is 3.93. The van der Waals surface area contributed by atoms with Gasteiger partial charge in [0.25, 0.3) is 0 Å². The first-order valence-corrected chi connectivity index (χ1v) is 5.54. The van der Waals surface area contributed by atoms with Crippen molar-refractivity contribution in [2.75, 3.05) is 17.7 Å². The lowest BCUT2D eigenvalue weighted by atomic mass is 10.3. The van der Waals surface area contributed by atoms with Crippen molar-refractivity contribution in [1.82, 2.24) is 9.97 Å². The lowest BCUT2D eigenvalue weighted by molar-refractivity contribution is 1.06. The second kappa shape index (κ2) is 4.82. The molecule has 2 rings (SSSR count). The minimum absolute atomic E-state index is 0.639. The van der Waals surface area contributed by atoms with E-state index in [1.165, 1.54) is 0 Å². The molecule has 0 bridgehead atoms. The minimum atomic E-state index is 0.639. The van der Waals surface area contributed by atoms with Crippen LogP contribution < -0.4 is 10.6 Å². The van der Waals surface area contributed by atoms with Crippen molar-refractivity contribution < 1.29 is 0 Å². The molecule has 0 radical (unpaired) electrons. The maximum Gasteiger partial charge on any atom is 0.227 e. The first-order valence-electron chi connectivity index (χ1n) is 5.54. The second-order valence-electron chi connectivity index (χ2n) is 3.93. The van der Waals surface area contributed by atoms with E-state index >= 15 is 0 Å². The van der Waals surface area contributed by atoms with Crippen molar-refractivity contribution in [3.05, 3.63) is 41.7 Å². The van der Waals surface area contributed by atoms with Gasteiger partial charge in [0.05, 0.1) is 0 Å². The average Bonchev–Trinajstić information content (AvgIpc) is 2.28. The Morgan fingerprint density at radius 3 is 1.94 bits per heavy atom. The molecule has 0 unspecified atom stereocenters. The fourth-order valence-electron chi connectivity index (χ4n) is 1.63. The Balaban J connectivity index is 2.19. The highest BCUT2D eigenvalue weighted by Crippen LogP contribution is 2.16. The molecule has 2 N–H and O–H groups in total. The Bertz CT molecular complexity index is 485. The molecule has 0 spiro atoms. The van der Waals surface area contributed by atoms with E-state index in [9.17, 15) is 0 Å². The number of benzene rings is 1. The van der Waals surface area contributed by atoms with Gasteiger partial charge in [-0.2, -0.15) is 0 Å². The van der Waals surface area contributed by atoms with E-state index < -0.39 is 0 Å². The van der Waals surface area contributed by atoms with Crippen molar-refractivity contribution in [3.8, 4) is 0 Å². The highest BCUT2D eigenvalue weighted by molar-refractivity contribution is 5.58. The van der Waals surface area contributed by atoms with Gasteiger partial charge in [-0.3, -0.25) is 0 Å². The molecule has 2 aromatic rings. The molecular weight excluding hydrogens is 212 g/mol. The Morgan fingerprint density at radius 1 is 0.882 bits per heavy atom. The summed E-state index contributed by atoms with van der Waals surface area (Å²) in [6.07, 6.45) is 0. The Morgan fingerprint density at radius 2 is 1.41 bits per heavy atom. The lowest BCUT2D eigenvalue weighted by Crippen LogP contribution is -2.00. The molecule has 0 saturated carbocycles. The first kappa shape index (κ1) is 11.4. The van der Waals surface area contributed by atoms with Gasteiger partial charge in [-0.25, -0.2) is 9.97 Å². The molecule has 88 valence electrons. The smallest absolute Gasteiger partial charge is 0.227 e. The summed E-state index contributed by atoms with van der Waals surface area (Å²) in [4.78, 5) is 8.67. The predicted octanol–water partition coefficient (Wildman–Crippen LogP) is 2.88. The number of hydrogen-bond acceptors (Lipinski definition) is 4. The molecule has 17 heavy (non-hydrogen) atoms. The van der Waals surface area contributed by atoms with E-state index in [-0.39, 0.29) is 0 Å². The van der Waals surface area contributed by atoms with E-state index in [0.29, 0.717) is 5.95 Å². The largest absolute Gasteiger partial charge is 0.388 e. The van der Waals surface area contributed by atoms with Gasteiger partial charge in [-0.1, -0.05) is 0 Å². The van der Waals surface area contributed by atoms with Gasteiger partial charge in [0.15, 0.2) is 0 Å². The fourth-order valence-corrected chi connectivity index (χ4v) is 1.63. The zero-order valence-electron chi connectivity index (χ0n) is 10.3. The van der Waals surface area contributed by atoms with E-state index in [0.717, 1.165) is 22.8 Å². The number of nitrogens with one attached hydrogen (secondary N) is 2. The van der Waals surface area contributed by atoms with Crippen LogP contribution in [0.1, 0.15) is 11.4 Å². The van der Waals surface area contributed by atoms with Gasteiger partial charge in [0.1, 0.15) is 0 Å². The third-order valence-corrected chi connectivity index (χ3v) is 2.41. The minimum Gasteiger partial charge on any atom is -0.388 e. The molecule has 1 heterocycles. The zero-order chi connectivity index (χ0) is 12.3. The van der Waals surface area contributed by atoms with Gasteiger partial charge >= 0.3 is 0 Å². The summed E-state index contributed by atoms with van der Waals surface area (Å²) >= 11 is 0. The molecule has 1 aromatic heterocycles. The number of aromatic nitrogens is 2. The average molecular weight is 228 g/mol. The topological polar surface area (TPSA) is 49.8 Å². The van der Waals surface area contributed by atoms with Crippen LogP contribution in [0.3, 0.4) is 0 Å². The molecule has 0 aliphatic rings. The molecule has 0 aliphatic heterocycles. The highest BCUT2D eigenvalue weighted by Gasteiger charge is 2.00. The van der Waals surface area contributed by atoms with Crippen LogP contribution in [0.15, 0.2) is 30.3 Å². The van der Waals surface area contributed by atoms with Crippen molar-refractivity contribution in [2.45, 2.75) is 13.8 Å². The van der Waals surface area contributed by atoms with Gasteiger partial charge < -0.3 is 10.6 Å². The molecule has 0 atom stereocenters. The molecule has 1 aromatic carbocycles. The summed E-state index contributed by atoms with van der Waals surface area (Å²) in [6, 6.07) is 9.95. The third kappa shape index (κ3) is 2.93. The van der Waals surface area contributed by atoms with Crippen LogP contribution in [0, 0.1) is 13.8 Å². The summed E-state index contributed by atoms with van der Waals surface area (Å²) in [5.74, 6) is 0.639. The summed E-state index contributed by atoms with van der Waals surface area (Å²) < 4.78 is 0. The van der Waals surface area contributed by atoms with E-state index in [1.54, 1.807) is 0 Å². The van der Waals surface area contributed by atoms with Crippen LogP contribution in [0.4, 0.5) is 17.3 Å². The van der Waals surface area contributed by atoms with Gasteiger partial charge in [0, 0.05) is 29.8 Å². The molecule has 0 fully saturated rings. The molecule has 0 saturated heterocycles. The molecule has 0 aliphatic carbocycles. The van der Waals surface area contributed by atoms with E-state index in [4.69, 9.17) is 0 Å². The van der Waals surface area contributed by atoms with Crippen molar-refractivity contribution >= 4 is 17.3 Å². The van der Waals surface area contributed by atoms with Gasteiger partial charge in [-0.15, -0.1) is 0 Å². The Kier molecular flexibility index (Phi) is 3.23. The van der Waals surface area contributed by atoms with Crippen LogP contribution >= 0.6 is 0 Å². The summed E-state index contributed by atoms with van der Waals surface area (Å²) in [7, 11) is 1.90. The summed E-state index contributed by atoms with van der Waals surface area (Å²) in [5.41, 5.74) is 3.99. The van der Waals surface area contributed by atoms with Crippen LogP contribution in [0.2, 0.25) is 0 Å². The normalized spacial score (nSPS) is 10.1. The SMILES string of the molecule is CNc1ccc(Nc2nc(C)cc(C)n2)cc1. The fraction of sp³-hybridized carbons (Fsp3) is 0.231. The number of rotatable bonds is 3. The number of aryl methyl sites for hydroxylation is 2. The maximum absolute atomic E-state index is 4.33. The van der Waals surface area contributed by atoms with Crippen molar-refractivity contribution in [2.24, 2.45) is 0 Å².